The van der Waals surface area contributed by atoms with E-state index in [4.69, 9.17) is 10.5 Å². The summed E-state index contributed by atoms with van der Waals surface area (Å²) in [5, 5.41) is 0. The van der Waals surface area contributed by atoms with Crippen molar-refractivity contribution in [2.45, 2.75) is 11.8 Å². The molecule has 0 aromatic heterocycles. The van der Waals surface area contributed by atoms with E-state index in [9.17, 15) is 12.8 Å². The molecule has 21 heavy (non-hydrogen) atoms. The van der Waals surface area contributed by atoms with E-state index in [1.165, 1.54) is 19.2 Å². The average molecular weight is 314 g/mol. The lowest BCUT2D eigenvalue weighted by atomic mass is 10.2. The van der Waals surface area contributed by atoms with E-state index in [1.807, 2.05) is 6.92 Å². The van der Waals surface area contributed by atoms with Gasteiger partial charge in [0.25, 0.3) is 0 Å². The fourth-order valence-corrected chi connectivity index (χ4v) is 2.76. The number of hydrogen-bond acceptors (Lipinski definition) is 4. The summed E-state index contributed by atoms with van der Waals surface area (Å²) in [6.07, 6.45) is 0. The van der Waals surface area contributed by atoms with Crippen LogP contribution < -0.4 is 5.73 Å². The van der Waals surface area contributed by atoms with Gasteiger partial charge in [0.15, 0.2) is 0 Å². The summed E-state index contributed by atoms with van der Waals surface area (Å²) in [5.74, 6) is 4.40. The maximum atomic E-state index is 14.0. The van der Waals surface area contributed by atoms with Crippen LogP contribution in [0.15, 0.2) is 23.1 Å². The molecule has 0 saturated carbocycles. The van der Waals surface area contributed by atoms with Gasteiger partial charge in [-0.25, -0.2) is 12.8 Å². The van der Waals surface area contributed by atoms with Crippen LogP contribution in [0.5, 0.6) is 0 Å². The minimum Gasteiger partial charge on any atom is -0.380 e. The van der Waals surface area contributed by atoms with Crippen molar-refractivity contribution in [2.24, 2.45) is 5.73 Å². The third kappa shape index (κ3) is 4.79. The number of sulfonamides is 1. The molecule has 1 aromatic rings. The first-order valence-electron chi connectivity index (χ1n) is 6.46. The Kier molecular flexibility index (Phi) is 6.78. The van der Waals surface area contributed by atoms with Gasteiger partial charge in [-0.05, 0) is 25.1 Å². The van der Waals surface area contributed by atoms with Crippen LogP contribution in [0.25, 0.3) is 0 Å². The molecule has 0 saturated heterocycles. The lowest BCUT2D eigenvalue weighted by Crippen LogP contribution is -2.31. The van der Waals surface area contributed by atoms with Crippen LogP contribution in [-0.2, 0) is 14.8 Å². The molecule has 0 amide bonds. The molecule has 0 fully saturated rings. The van der Waals surface area contributed by atoms with E-state index in [-0.39, 0.29) is 24.6 Å². The number of halogens is 1. The molecule has 0 unspecified atom stereocenters. The fourth-order valence-electron chi connectivity index (χ4n) is 1.57. The Labute approximate surface area is 124 Å². The van der Waals surface area contributed by atoms with Gasteiger partial charge in [0, 0.05) is 25.8 Å². The highest BCUT2D eigenvalue weighted by atomic mass is 32.2. The molecular formula is C14H19FN2O3S. The zero-order valence-corrected chi connectivity index (χ0v) is 12.9. The quantitative estimate of drug-likeness (QED) is 0.622. The molecule has 116 valence electrons. The number of rotatable bonds is 6. The van der Waals surface area contributed by atoms with Gasteiger partial charge >= 0.3 is 0 Å². The summed E-state index contributed by atoms with van der Waals surface area (Å²) < 4.78 is 44.6. The predicted octanol–water partition coefficient (Wildman–Crippen LogP) is 0.793. The molecule has 0 heterocycles. The summed E-state index contributed by atoms with van der Waals surface area (Å²) in [4.78, 5) is -0.375. The van der Waals surface area contributed by atoms with Crippen LogP contribution in [0.2, 0.25) is 0 Å². The highest BCUT2D eigenvalue weighted by Gasteiger charge is 2.24. The molecule has 0 aliphatic carbocycles. The Morgan fingerprint density at radius 1 is 1.43 bits per heavy atom. The minimum atomic E-state index is -3.88. The van der Waals surface area contributed by atoms with Crippen molar-refractivity contribution in [1.82, 2.24) is 4.31 Å². The highest BCUT2D eigenvalue weighted by Crippen LogP contribution is 2.19. The molecule has 5 nitrogen and oxygen atoms in total. The summed E-state index contributed by atoms with van der Waals surface area (Å²) in [6, 6.07) is 3.75. The van der Waals surface area contributed by atoms with Crippen LogP contribution in [-0.4, -0.2) is 46.1 Å². The second kappa shape index (κ2) is 8.10. The summed E-state index contributed by atoms with van der Waals surface area (Å²) >= 11 is 0. The van der Waals surface area contributed by atoms with Crippen molar-refractivity contribution in [1.29, 1.82) is 0 Å². The first kappa shape index (κ1) is 17.6. The van der Waals surface area contributed by atoms with Crippen LogP contribution >= 0.6 is 0 Å². The van der Waals surface area contributed by atoms with Crippen LogP contribution in [0.3, 0.4) is 0 Å². The second-order valence-corrected chi connectivity index (χ2v) is 6.19. The van der Waals surface area contributed by atoms with Crippen molar-refractivity contribution in [2.75, 3.05) is 33.4 Å². The Morgan fingerprint density at radius 3 is 2.71 bits per heavy atom. The fraction of sp³-hybridized carbons (Fsp3) is 0.429. The number of nitrogens with zero attached hydrogens (tertiary/aromatic N) is 1. The Balaban J connectivity index is 2.98. The average Bonchev–Trinajstić information content (AvgIpc) is 2.45. The third-order valence-corrected chi connectivity index (χ3v) is 4.60. The lowest BCUT2D eigenvalue weighted by molar-refractivity contribution is 0.138. The molecule has 0 aliphatic heterocycles. The van der Waals surface area contributed by atoms with E-state index < -0.39 is 15.8 Å². The molecule has 0 aliphatic rings. The summed E-state index contributed by atoms with van der Waals surface area (Å²) in [5.41, 5.74) is 5.61. The highest BCUT2D eigenvalue weighted by molar-refractivity contribution is 7.89. The predicted molar refractivity (Wildman–Crippen MR) is 78.6 cm³/mol. The van der Waals surface area contributed by atoms with Crippen LogP contribution in [0.1, 0.15) is 12.5 Å². The van der Waals surface area contributed by atoms with Crippen molar-refractivity contribution >= 4 is 10.0 Å². The number of hydrogen-bond donors (Lipinski definition) is 1. The van der Waals surface area contributed by atoms with Gasteiger partial charge in [-0.3, -0.25) is 0 Å². The molecular weight excluding hydrogens is 295 g/mol. The van der Waals surface area contributed by atoms with Gasteiger partial charge in [0.1, 0.15) is 10.7 Å². The van der Waals surface area contributed by atoms with E-state index in [0.717, 1.165) is 10.4 Å². The van der Waals surface area contributed by atoms with Crippen molar-refractivity contribution < 1.29 is 17.5 Å². The molecule has 1 aromatic carbocycles. The molecule has 0 radical (unpaired) electrons. The molecule has 0 spiro atoms. The molecule has 2 N–H and O–H groups in total. The number of nitrogens with two attached hydrogens (primary N) is 1. The maximum Gasteiger partial charge on any atom is 0.245 e. The largest absolute Gasteiger partial charge is 0.380 e. The Hall–Kier alpha value is -1.46. The van der Waals surface area contributed by atoms with Gasteiger partial charge < -0.3 is 10.5 Å². The zero-order valence-electron chi connectivity index (χ0n) is 12.1. The first-order chi connectivity index (χ1) is 9.93. The number of benzene rings is 1. The zero-order chi connectivity index (χ0) is 15.9. The topological polar surface area (TPSA) is 72.6 Å². The lowest BCUT2D eigenvalue weighted by Gasteiger charge is -2.17. The number of ether oxygens (including phenoxy) is 1. The van der Waals surface area contributed by atoms with Crippen LogP contribution in [0, 0.1) is 17.7 Å². The monoisotopic (exact) mass is 314 g/mol. The van der Waals surface area contributed by atoms with Gasteiger partial charge in [0.2, 0.25) is 10.0 Å². The molecule has 1 rings (SSSR count). The molecule has 0 bridgehead atoms. The number of likely N-dealkylation sites (N-methyl/N-ethyl adjacent to an activating group) is 1. The van der Waals surface area contributed by atoms with Crippen molar-refractivity contribution in [3.05, 3.63) is 29.6 Å². The smallest absolute Gasteiger partial charge is 0.245 e. The van der Waals surface area contributed by atoms with E-state index in [2.05, 4.69) is 11.8 Å². The summed E-state index contributed by atoms with van der Waals surface area (Å²) in [6.45, 7) is 2.88. The van der Waals surface area contributed by atoms with Crippen LogP contribution in [0.4, 0.5) is 4.39 Å². The first-order valence-corrected chi connectivity index (χ1v) is 7.90. The molecule has 0 atom stereocenters. The summed E-state index contributed by atoms with van der Waals surface area (Å²) in [7, 11) is -2.50. The maximum absolute atomic E-state index is 14.0. The van der Waals surface area contributed by atoms with Crippen molar-refractivity contribution in [3.63, 3.8) is 0 Å². The second-order valence-electron chi connectivity index (χ2n) is 4.17. The van der Waals surface area contributed by atoms with Gasteiger partial charge in [-0.1, -0.05) is 11.8 Å². The van der Waals surface area contributed by atoms with Gasteiger partial charge in [-0.2, -0.15) is 4.31 Å². The normalized spacial score (nSPS) is 11.3. The Morgan fingerprint density at radius 2 is 2.14 bits per heavy atom. The van der Waals surface area contributed by atoms with Crippen molar-refractivity contribution in [3.8, 4) is 11.8 Å². The van der Waals surface area contributed by atoms with Gasteiger partial charge in [-0.15, -0.1) is 0 Å². The van der Waals surface area contributed by atoms with E-state index in [1.54, 1.807) is 0 Å². The SMILES string of the molecule is CCOCCN(C)S(=O)(=O)c1ccc(C#CCN)cc1F. The van der Waals surface area contributed by atoms with E-state index in [0.29, 0.717) is 12.2 Å². The molecule has 7 heteroatoms. The standard InChI is InChI=1S/C14H19FN2O3S/c1-3-20-10-9-17(2)21(18,19)14-7-6-12(5-4-8-16)11-13(14)15/h6-7,11H,3,8-10,16H2,1-2H3. The third-order valence-electron chi connectivity index (χ3n) is 2.71. The minimum absolute atomic E-state index is 0.155. The van der Waals surface area contributed by atoms with Gasteiger partial charge in [0.05, 0.1) is 13.2 Å². The Bertz CT molecular complexity index is 635. The van der Waals surface area contributed by atoms with E-state index >= 15 is 0 Å².